The zero-order chi connectivity index (χ0) is 14.4. The smallest absolute Gasteiger partial charge is 0.179 e. The van der Waals surface area contributed by atoms with Crippen molar-refractivity contribution >= 4 is 29.1 Å². The topological polar surface area (TPSA) is 20.3 Å². The highest BCUT2D eigenvalue weighted by Crippen LogP contribution is 2.17. The monoisotopic (exact) mass is 299 g/mol. The third-order valence-corrected chi connectivity index (χ3v) is 4.46. The molecular formula is C15H22ClNOS. The maximum atomic E-state index is 12.5. The van der Waals surface area contributed by atoms with E-state index in [-0.39, 0.29) is 11.8 Å². The number of thioether (sulfide) groups is 1. The average molecular weight is 300 g/mol. The second-order valence-electron chi connectivity index (χ2n) is 4.73. The van der Waals surface area contributed by atoms with E-state index in [4.69, 9.17) is 11.6 Å². The van der Waals surface area contributed by atoms with Crippen LogP contribution in [0, 0.1) is 0 Å². The average Bonchev–Trinajstić information content (AvgIpc) is 2.42. The summed E-state index contributed by atoms with van der Waals surface area (Å²) in [7, 11) is 2.03. The lowest BCUT2D eigenvalue weighted by atomic mass is 10.0. The van der Waals surface area contributed by atoms with Gasteiger partial charge in [0, 0.05) is 22.4 Å². The fraction of sp³-hybridized carbons (Fsp3) is 0.533. The van der Waals surface area contributed by atoms with E-state index in [9.17, 15) is 4.79 Å². The molecule has 2 unspecified atom stereocenters. The van der Waals surface area contributed by atoms with Crippen LogP contribution in [0.2, 0.25) is 5.02 Å². The molecule has 0 saturated carbocycles. The van der Waals surface area contributed by atoms with E-state index in [1.165, 1.54) is 0 Å². The van der Waals surface area contributed by atoms with Crippen molar-refractivity contribution in [2.24, 2.45) is 0 Å². The van der Waals surface area contributed by atoms with E-state index in [2.05, 4.69) is 18.1 Å². The van der Waals surface area contributed by atoms with Gasteiger partial charge in [-0.1, -0.05) is 30.7 Å². The van der Waals surface area contributed by atoms with Crippen LogP contribution in [-0.2, 0) is 0 Å². The Labute approximate surface area is 125 Å². The Morgan fingerprint density at radius 3 is 2.68 bits per heavy atom. The van der Waals surface area contributed by atoms with Crippen molar-refractivity contribution in [3.63, 3.8) is 0 Å². The normalized spacial score (nSPS) is 14.4. The summed E-state index contributed by atoms with van der Waals surface area (Å²) in [6, 6.07) is 7.47. The van der Waals surface area contributed by atoms with Crippen LogP contribution in [-0.4, -0.2) is 41.8 Å². The van der Waals surface area contributed by atoms with Crippen LogP contribution in [0.3, 0.4) is 0 Å². The van der Waals surface area contributed by atoms with Gasteiger partial charge in [-0.3, -0.25) is 9.69 Å². The molecule has 4 heteroatoms. The lowest BCUT2D eigenvalue weighted by Gasteiger charge is -2.31. The van der Waals surface area contributed by atoms with Crippen LogP contribution in [0.15, 0.2) is 24.3 Å². The van der Waals surface area contributed by atoms with Crippen LogP contribution in [0.4, 0.5) is 0 Å². The van der Waals surface area contributed by atoms with Gasteiger partial charge >= 0.3 is 0 Å². The Balaban J connectivity index is 2.81. The van der Waals surface area contributed by atoms with E-state index < -0.39 is 0 Å². The summed E-state index contributed by atoms with van der Waals surface area (Å²) < 4.78 is 0. The van der Waals surface area contributed by atoms with Gasteiger partial charge in [0.15, 0.2) is 5.78 Å². The minimum Gasteiger partial charge on any atom is -0.293 e. The van der Waals surface area contributed by atoms with Gasteiger partial charge in [0.05, 0.1) is 6.04 Å². The van der Waals surface area contributed by atoms with E-state index in [1.807, 2.05) is 37.9 Å². The van der Waals surface area contributed by atoms with Crippen molar-refractivity contribution in [3.05, 3.63) is 34.9 Å². The lowest BCUT2D eigenvalue weighted by molar-refractivity contribution is 0.0827. The van der Waals surface area contributed by atoms with Gasteiger partial charge in [-0.2, -0.15) is 11.8 Å². The summed E-state index contributed by atoms with van der Waals surface area (Å²) in [6.45, 7) is 4.13. The number of hydrogen-bond acceptors (Lipinski definition) is 3. The molecule has 0 aliphatic carbocycles. The first-order valence-electron chi connectivity index (χ1n) is 6.51. The molecule has 0 spiro atoms. The number of nitrogens with zero attached hydrogens (tertiary/aromatic N) is 1. The van der Waals surface area contributed by atoms with Crippen LogP contribution in [0.5, 0.6) is 0 Å². The Morgan fingerprint density at radius 1 is 1.47 bits per heavy atom. The summed E-state index contributed by atoms with van der Waals surface area (Å²) in [5, 5.41) is 0.608. The second kappa shape index (κ2) is 7.93. The van der Waals surface area contributed by atoms with Crippen LogP contribution in [0.25, 0.3) is 0 Å². The molecule has 0 amide bonds. The molecule has 0 heterocycles. The maximum absolute atomic E-state index is 12.5. The van der Waals surface area contributed by atoms with E-state index in [0.717, 1.165) is 12.2 Å². The first kappa shape index (κ1) is 16.5. The largest absolute Gasteiger partial charge is 0.293 e. The van der Waals surface area contributed by atoms with Gasteiger partial charge < -0.3 is 0 Å². The molecule has 19 heavy (non-hydrogen) atoms. The highest BCUT2D eigenvalue weighted by Gasteiger charge is 2.24. The summed E-state index contributed by atoms with van der Waals surface area (Å²) in [5.41, 5.74) is 0.686. The molecule has 0 radical (unpaired) electrons. The number of carbonyl (C=O) groups is 1. The Kier molecular flexibility index (Phi) is 6.90. The molecule has 1 rings (SSSR count). The van der Waals surface area contributed by atoms with Crippen molar-refractivity contribution in [1.82, 2.24) is 4.90 Å². The molecule has 0 aliphatic rings. The fourth-order valence-corrected chi connectivity index (χ4v) is 3.15. The first-order chi connectivity index (χ1) is 9.01. The molecule has 2 nitrogen and oxygen atoms in total. The minimum absolute atomic E-state index is 0.129. The zero-order valence-corrected chi connectivity index (χ0v) is 13.6. The standard InChI is InChI=1S/C15H22ClNOS/c1-5-14(10-19-4)17(3)11(2)15(18)12-7-6-8-13(16)9-12/h6-9,11,14H,5,10H2,1-4H3. The van der Waals surface area contributed by atoms with E-state index in [1.54, 1.807) is 12.1 Å². The van der Waals surface area contributed by atoms with Gasteiger partial charge in [-0.15, -0.1) is 0 Å². The van der Waals surface area contributed by atoms with Crippen molar-refractivity contribution < 1.29 is 4.79 Å². The maximum Gasteiger partial charge on any atom is 0.179 e. The minimum atomic E-state index is -0.129. The number of Topliss-reactive ketones (excluding diaryl/α,β-unsaturated/α-hetero) is 1. The first-order valence-corrected chi connectivity index (χ1v) is 8.29. The van der Waals surface area contributed by atoms with E-state index >= 15 is 0 Å². The van der Waals surface area contributed by atoms with Gasteiger partial charge in [-0.05, 0) is 38.8 Å². The Hall–Kier alpha value is -0.510. The highest BCUT2D eigenvalue weighted by molar-refractivity contribution is 7.98. The predicted molar refractivity (Wildman–Crippen MR) is 85.5 cm³/mol. The third-order valence-electron chi connectivity index (χ3n) is 3.51. The molecule has 0 N–H and O–H groups in total. The van der Waals surface area contributed by atoms with Crippen molar-refractivity contribution in [3.8, 4) is 0 Å². The van der Waals surface area contributed by atoms with Gasteiger partial charge in [0.1, 0.15) is 0 Å². The van der Waals surface area contributed by atoms with Gasteiger partial charge in [-0.25, -0.2) is 0 Å². The number of hydrogen-bond donors (Lipinski definition) is 0. The Bertz CT molecular complexity index is 424. The lowest BCUT2D eigenvalue weighted by Crippen LogP contribution is -2.44. The van der Waals surface area contributed by atoms with Crippen molar-refractivity contribution in [2.75, 3.05) is 19.1 Å². The van der Waals surface area contributed by atoms with Crippen molar-refractivity contribution in [2.45, 2.75) is 32.4 Å². The van der Waals surface area contributed by atoms with Gasteiger partial charge in [0.2, 0.25) is 0 Å². The summed E-state index contributed by atoms with van der Waals surface area (Å²) in [5.74, 6) is 1.17. The molecule has 0 saturated heterocycles. The molecule has 1 aromatic carbocycles. The number of ketones is 1. The molecule has 0 aromatic heterocycles. The molecule has 106 valence electrons. The SMILES string of the molecule is CCC(CSC)N(C)C(C)C(=O)c1cccc(Cl)c1. The molecular weight excluding hydrogens is 278 g/mol. The summed E-state index contributed by atoms with van der Waals surface area (Å²) in [6.07, 6.45) is 3.14. The molecule has 0 fully saturated rings. The van der Waals surface area contributed by atoms with Crippen LogP contribution in [0.1, 0.15) is 30.6 Å². The predicted octanol–water partition coefficient (Wildman–Crippen LogP) is 3.98. The van der Waals surface area contributed by atoms with E-state index in [0.29, 0.717) is 16.6 Å². The number of halogens is 1. The van der Waals surface area contributed by atoms with Crippen molar-refractivity contribution in [1.29, 1.82) is 0 Å². The number of likely N-dealkylation sites (N-methyl/N-ethyl adjacent to an activating group) is 1. The third kappa shape index (κ3) is 4.51. The van der Waals surface area contributed by atoms with Gasteiger partial charge in [0.25, 0.3) is 0 Å². The fourth-order valence-electron chi connectivity index (χ4n) is 2.10. The quantitative estimate of drug-likeness (QED) is 0.710. The van der Waals surface area contributed by atoms with Crippen LogP contribution >= 0.6 is 23.4 Å². The zero-order valence-electron chi connectivity index (χ0n) is 12.0. The molecule has 0 bridgehead atoms. The number of benzene rings is 1. The molecule has 2 atom stereocenters. The summed E-state index contributed by atoms with van der Waals surface area (Å²) >= 11 is 7.76. The van der Waals surface area contributed by atoms with Crippen LogP contribution < -0.4 is 0 Å². The molecule has 1 aromatic rings. The highest BCUT2D eigenvalue weighted by atomic mass is 35.5. The molecule has 0 aliphatic heterocycles. The number of rotatable bonds is 7. The number of carbonyl (C=O) groups excluding carboxylic acids is 1. The Morgan fingerprint density at radius 2 is 2.16 bits per heavy atom. The second-order valence-corrected chi connectivity index (χ2v) is 6.08. The summed E-state index contributed by atoms with van der Waals surface area (Å²) in [4.78, 5) is 14.6.